The largest absolute Gasteiger partial charge is 0.447 e. The molecular weight excluding hydrogens is 471 g/mol. The topological polar surface area (TPSA) is 54.0 Å². The summed E-state index contributed by atoms with van der Waals surface area (Å²) in [6.45, 7) is 3.76. The number of anilines is 1. The van der Waals surface area contributed by atoms with Crippen LogP contribution in [0.5, 0.6) is 0 Å². The molecule has 6 nitrogen and oxygen atoms in total. The van der Waals surface area contributed by atoms with Crippen LogP contribution >= 0.6 is 0 Å². The van der Waals surface area contributed by atoms with Crippen molar-refractivity contribution in [3.8, 4) is 0 Å². The molecule has 0 radical (unpaired) electrons. The lowest BCUT2D eigenvalue weighted by molar-refractivity contribution is -0.138. The number of benzene rings is 2. The highest BCUT2D eigenvalue weighted by atomic mass is 19.4. The average Bonchev–Trinajstić information content (AvgIpc) is 2.86. The molecule has 2 aliphatic heterocycles. The van der Waals surface area contributed by atoms with Crippen LogP contribution in [0.1, 0.15) is 48.6 Å². The lowest BCUT2D eigenvalue weighted by Crippen LogP contribution is -2.42. The van der Waals surface area contributed by atoms with E-state index in [0.717, 1.165) is 24.6 Å². The van der Waals surface area contributed by atoms with E-state index in [4.69, 9.17) is 9.47 Å². The minimum atomic E-state index is -4.44. The van der Waals surface area contributed by atoms with Crippen LogP contribution in [0.3, 0.4) is 0 Å². The maximum absolute atomic E-state index is 13.5. The van der Waals surface area contributed by atoms with E-state index in [1.807, 2.05) is 56.3 Å². The molecule has 0 aromatic heterocycles. The van der Waals surface area contributed by atoms with Crippen molar-refractivity contribution < 1.29 is 27.4 Å². The summed E-state index contributed by atoms with van der Waals surface area (Å²) in [5.41, 5.74) is 1.50. The summed E-state index contributed by atoms with van der Waals surface area (Å²) in [4.78, 5) is 16.2. The third-order valence-electron chi connectivity index (χ3n) is 6.98. The molecule has 36 heavy (non-hydrogen) atoms. The Morgan fingerprint density at radius 2 is 1.86 bits per heavy atom. The van der Waals surface area contributed by atoms with Gasteiger partial charge < -0.3 is 24.6 Å². The molecule has 4 rings (SSSR count). The summed E-state index contributed by atoms with van der Waals surface area (Å²) in [6, 6.07) is 13.6. The number of likely N-dealkylation sites (N-methyl/N-ethyl adjacent to an activating group) is 2. The third kappa shape index (κ3) is 5.95. The van der Waals surface area contributed by atoms with Gasteiger partial charge in [-0.05, 0) is 57.6 Å². The summed E-state index contributed by atoms with van der Waals surface area (Å²) in [7, 11) is 3.88. The molecule has 9 heteroatoms. The first-order valence-electron chi connectivity index (χ1n) is 12.4. The van der Waals surface area contributed by atoms with Crippen molar-refractivity contribution in [3.63, 3.8) is 0 Å². The first-order valence-corrected chi connectivity index (χ1v) is 12.4. The van der Waals surface area contributed by atoms with Crippen molar-refractivity contribution in [2.75, 3.05) is 45.7 Å². The average molecular weight is 506 g/mol. The van der Waals surface area contributed by atoms with E-state index in [1.165, 1.54) is 12.1 Å². The minimum absolute atomic E-state index is 0.0532. The van der Waals surface area contributed by atoms with Crippen LogP contribution in [0.2, 0.25) is 0 Å². The number of hydrogen-bond donors (Lipinski definition) is 1. The van der Waals surface area contributed by atoms with Crippen LogP contribution in [0.4, 0.5) is 23.7 Å². The second-order valence-electron chi connectivity index (χ2n) is 9.71. The highest BCUT2D eigenvalue weighted by molar-refractivity contribution is 5.67. The third-order valence-corrected chi connectivity index (χ3v) is 6.98. The van der Waals surface area contributed by atoms with Gasteiger partial charge in [0.15, 0.2) is 0 Å². The van der Waals surface area contributed by atoms with Crippen molar-refractivity contribution in [3.05, 3.63) is 65.2 Å². The number of carbonyl (C=O) groups excluding carboxylic acids is 1. The van der Waals surface area contributed by atoms with Crippen LogP contribution in [-0.2, 0) is 15.7 Å². The molecule has 0 spiro atoms. The van der Waals surface area contributed by atoms with Gasteiger partial charge in [0.1, 0.15) is 6.61 Å². The predicted octanol–water partition coefficient (Wildman–Crippen LogP) is 5.73. The Bertz CT molecular complexity index is 1030. The molecule has 1 fully saturated rings. The van der Waals surface area contributed by atoms with Crippen LogP contribution in [0.15, 0.2) is 48.5 Å². The fourth-order valence-electron chi connectivity index (χ4n) is 5.00. The number of ether oxygens (including phenoxy) is 2. The quantitative estimate of drug-likeness (QED) is 0.521. The van der Waals surface area contributed by atoms with E-state index in [0.29, 0.717) is 30.8 Å². The van der Waals surface area contributed by atoms with Crippen molar-refractivity contribution in [1.82, 2.24) is 9.80 Å². The number of amides is 1. The molecule has 1 N–H and O–H groups in total. The number of nitrogens with one attached hydrogen (secondary N) is 1. The standard InChI is InChI=1S/C27H34F3N3O3/c1-4-33(15-14-32(2)3)26(34)35-17-20-11-12-21-24(18-8-6-5-7-9-18)31-23-13-10-19(27(28,29)30)16-22(23)25(21)36-20/h5-10,13,16,20-21,24-25,31H,4,11-12,14-15,17H2,1-3H3/t20-,21+,24+,25+/m1/s1. The first kappa shape index (κ1) is 26.3. The van der Waals surface area contributed by atoms with E-state index < -0.39 is 23.9 Å². The molecule has 0 bridgehead atoms. The molecule has 0 aliphatic carbocycles. The SMILES string of the molecule is CCN(CCN(C)C)C(=O)OC[C@H]1CC[C@@H]2[C@H](O1)c1cc(C(F)(F)F)ccc1N[C@H]2c1ccccc1. The second-order valence-corrected chi connectivity index (χ2v) is 9.71. The van der Waals surface area contributed by atoms with Gasteiger partial charge in [0, 0.05) is 36.8 Å². The number of rotatable bonds is 7. The first-order chi connectivity index (χ1) is 17.2. The fraction of sp³-hybridized carbons (Fsp3) is 0.519. The molecule has 0 saturated carbocycles. The Morgan fingerprint density at radius 3 is 2.53 bits per heavy atom. The van der Waals surface area contributed by atoms with Crippen LogP contribution in [0, 0.1) is 5.92 Å². The molecule has 1 amide bonds. The molecular formula is C27H34F3N3O3. The Kier molecular flexibility index (Phi) is 8.10. The summed E-state index contributed by atoms with van der Waals surface area (Å²) in [5.74, 6) is -0.0532. The van der Waals surface area contributed by atoms with Crippen molar-refractivity contribution >= 4 is 11.8 Å². The maximum atomic E-state index is 13.5. The maximum Gasteiger partial charge on any atom is 0.416 e. The van der Waals surface area contributed by atoms with E-state index in [9.17, 15) is 18.0 Å². The number of halogens is 3. The van der Waals surface area contributed by atoms with Gasteiger partial charge in [-0.2, -0.15) is 13.2 Å². The highest BCUT2D eigenvalue weighted by Crippen LogP contribution is 2.51. The second kappa shape index (κ2) is 11.1. The minimum Gasteiger partial charge on any atom is -0.447 e. The Balaban J connectivity index is 1.53. The predicted molar refractivity (Wildman–Crippen MR) is 132 cm³/mol. The summed E-state index contributed by atoms with van der Waals surface area (Å²) >= 11 is 0. The summed E-state index contributed by atoms with van der Waals surface area (Å²) < 4.78 is 52.5. The Morgan fingerprint density at radius 1 is 1.11 bits per heavy atom. The lowest BCUT2D eigenvalue weighted by atomic mass is 9.76. The Hall–Kier alpha value is -2.78. The molecule has 2 aromatic rings. The number of fused-ring (bicyclic) bond motifs is 3. The van der Waals surface area contributed by atoms with Gasteiger partial charge in [-0.3, -0.25) is 0 Å². The lowest BCUT2D eigenvalue weighted by Gasteiger charge is -2.45. The molecule has 1 saturated heterocycles. The van der Waals surface area contributed by atoms with Gasteiger partial charge in [0.2, 0.25) is 0 Å². The summed E-state index contributed by atoms with van der Waals surface area (Å²) in [5, 5.41) is 3.46. The van der Waals surface area contributed by atoms with Crippen molar-refractivity contribution in [2.24, 2.45) is 5.92 Å². The van der Waals surface area contributed by atoms with Crippen molar-refractivity contribution in [1.29, 1.82) is 0 Å². The van der Waals surface area contributed by atoms with E-state index in [-0.39, 0.29) is 24.7 Å². The van der Waals surface area contributed by atoms with Gasteiger partial charge >= 0.3 is 12.3 Å². The molecule has 2 heterocycles. The molecule has 4 atom stereocenters. The molecule has 196 valence electrons. The van der Waals surface area contributed by atoms with E-state index >= 15 is 0 Å². The monoisotopic (exact) mass is 505 g/mol. The molecule has 2 aliphatic rings. The number of alkyl halides is 3. The zero-order chi connectivity index (χ0) is 25.9. The molecule has 2 aromatic carbocycles. The van der Waals surface area contributed by atoms with Crippen molar-refractivity contribution in [2.45, 2.75) is 44.2 Å². The number of hydrogen-bond acceptors (Lipinski definition) is 5. The highest BCUT2D eigenvalue weighted by Gasteiger charge is 2.44. The van der Waals surface area contributed by atoms with E-state index in [2.05, 4.69) is 5.32 Å². The summed E-state index contributed by atoms with van der Waals surface area (Å²) in [6.07, 6.45) is -4.40. The van der Waals surface area contributed by atoms with Crippen LogP contribution < -0.4 is 5.32 Å². The Labute approximate surface area is 210 Å². The van der Waals surface area contributed by atoms with Crippen LogP contribution in [0.25, 0.3) is 0 Å². The smallest absolute Gasteiger partial charge is 0.416 e. The van der Waals surface area contributed by atoms with Gasteiger partial charge in [0.05, 0.1) is 23.8 Å². The van der Waals surface area contributed by atoms with Gasteiger partial charge in [0.25, 0.3) is 0 Å². The van der Waals surface area contributed by atoms with Gasteiger partial charge in [-0.15, -0.1) is 0 Å². The zero-order valence-electron chi connectivity index (χ0n) is 20.9. The van der Waals surface area contributed by atoms with Crippen LogP contribution in [-0.4, -0.2) is 62.3 Å². The van der Waals surface area contributed by atoms with Gasteiger partial charge in [-0.1, -0.05) is 30.3 Å². The fourth-order valence-corrected chi connectivity index (χ4v) is 5.00. The molecule has 0 unspecified atom stereocenters. The van der Waals surface area contributed by atoms with E-state index in [1.54, 1.807) is 4.90 Å². The number of carbonyl (C=O) groups is 1. The van der Waals surface area contributed by atoms with Gasteiger partial charge in [-0.25, -0.2) is 4.79 Å². The number of nitrogens with zero attached hydrogens (tertiary/aromatic N) is 2. The normalized spacial score (nSPS) is 23.4. The zero-order valence-corrected chi connectivity index (χ0v) is 20.9.